The molecule has 2 aromatic carbocycles. The van der Waals surface area contributed by atoms with Crippen LogP contribution in [-0.2, 0) is 6.54 Å². The van der Waals surface area contributed by atoms with Crippen LogP contribution in [0.4, 0.5) is 4.79 Å². The summed E-state index contributed by atoms with van der Waals surface area (Å²) in [6, 6.07) is 14.2. The number of methoxy groups -OCH3 is 1. The number of ether oxygens (including phenoxy) is 1. The summed E-state index contributed by atoms with van der Waals surface area (Å²) in [4.78, 5) is 24.4. The van der Waals surface area contributed by atoms with Crippen molar-refractivity contribution < 1.29 is 9.53 Å². The molecular weight excluding hydrogens is 300 g/mol. The summed E-state index contributed by atoms with van der Waals surface area (Å²) in [5.74, 6) is 0.728. The van der Waals surface area contributed by atoms with Crippen LogP contribution in [-0.4, -0.2) is 17.1 Å². The number of fused-ring (bicyclic) bond motifs is 1. The Balaban J connectivity index is 1.78. The van der Waals surface area contributed by atoms with Crippen LogP contribution in [0.1, 0.15) is 5.56 Å². The number of amides is 1. The number of nitrogens with one attached hydrogen (secondary N) is 1. The lowest BCUT2D eigenvalue weighted by atomic mass is 10.2. The van der Waals surface area contributed by atoms with Crippen molar-refractivity contribution in [2.24, 2.45) is 0 Å². The van der Waals surface area contributed by atoms with E-state index in [1.807, 2.05) is 36.4 Å². The summed E-state index contributed by atoms with van der Waals surface area (Å²) in [5, 5.41) is 3.31. The summed E-state index contributed by atoms with van der Waals surface area (Å²) < 4.78 is 7.08. The minimum absolute atomic E-state index is 0.288. The highest BCUT2D eigenvalue weighted by atomic mass is 32.1. The van der Waals surface area contributed by atoms with Gasteiger partial charge in [0.15, 0.2) is 0 Å². The Kier molecular flexibility index (Phi) is 3.93. The van der Waals surface area contributed by atoms with E-state index < -0.39 is 6.03 Å². The molecule has 0 aliphatic carbocycles. The van der Waals surface area contributed by atoms with Gasteiger partial charge in [0, 0.05) is 6.54 Å². The van der Waals surface area contributed by atoms with E-state index in [0.29, 0.717) is 11.9 Å². The maximum atomic E-state index is 12.2. The molecule has 1 amide bonds. The van der Waals surface area contributed by atoms with Gasteiger partial charge in [0.25, 0.3) is 5.56 Å². The zero-order valence-electron chi connectivity index (χ0n) is 11.9. The molecule has 0 bridgehead atoms. The third-order valence-corrected chi connectivity index (χ3v) is 4.32. The Labute approximate surface area is 130 Å². The summed E-state index contributed by atoms with van der Waals surface area (Å²) in [6.07, 6.45) is 0. The van der Waals surface area contributed by atoms with Crippen molar-refractivity contribution in [3.05, 3.63) is 64.4 Å². The number of nitrogens with zero attached hydrogens (tertiary/aromatic N) is 1. The van der Waals surface area contributed by atoms with Gasteiger partial charge in [0.1, 0.15) is 5.75 Å². The molecule has 0 atom stereocenters. The van der Waals surface area contributed by atoms with Gasteiger partial charge in [-0.25, -0.2) is 4.79 Å². The van der Waals surface area contributed by atoms with Crippen molar-refractivity contribution in [3.63, 3.8) is 0 Å². The molecule has 0 aliphatic rings. The molecule has 5 nitrogen and oxygen atoms in total. The monoisotopic (exact) mass is 314 g/mol. The Morgan fingerprint density at radius 2 is 2.05 bits per heavy atom. The first-order chi connectivity index (χ1) is 10.7. The zero-order chi connectivity index (χ0) is 15.5. The Morgan fingerprint density at radius 3 is 2.82 bits per heavy atom. The van der Waals surface area contributed by atoms with Gasteiger partial charge in [0.2, 0.25) is 0 Å². The molecule has 112 valence electrons. The minimum Gasteiger partial charge on any atom is -0.497 e. The molecular formula is C16H14N2O3S. The van der Waals surface area contributed by atoms with Gasteiger partial charge in [0.05, 0.1) is 17.2 Å². The predicted molar refractivity (Wildman–Crippen MR) is 86.7 cm³/mol. The molecule has 0 spiro atoms. The lowest BCUT2D eigenvalue weighted by Gasteiger charge is -2.06. The van der Waals surface area contributed by atoms with Crippen LogP contribution in [0.2, 0.25) is 0 Å². The van der Waals surface area contributed by atoms with Crippen LogP contribution in [0, 0.1) is 0 Å². The van der Waals surface area contributed by atoms with E-state index in [2.05, 4.69) is 5.32 Å². The first-order valence-electron chi connectivity index (χ1n) is 6.71. The molecule has 3 rings (SSSR count). The fraction of sp³-hybridized carbons (Fsp3) is 0.125. The van der Waals surface area contributed by atoms with Gasteiger partial charge < -0.3 is 10.1 Å². The first kappa shape index (κ1) is 14.3. The fourth-order valence-electron chi connectivity index (χ4n) is 2.14. The Hall–Kier alpha value is -2.60. The van der Waals surface area contributed by atoms with Crippen LogP contribution in [0.25, 0.3) is 10.1 Å². The smallest absolute Gasteiger partial charge is 0.338 e. The molecule has 1 N–H and O–H groups in total. The lowest BCUT2D eigenvalue weighted by Crippen LogP contribution is -2.32. The molecule has 22 heavy (non-hydrogen) atoms. The number of aromatic nitrogens is 1. The molecule has 0 radical (unpaired) electrons. The molecule has 1 aromatic heterocycles. The molecule has 0 saturated carbocycles. The molecule has 6 heteroatoms. The fourth-order valence-corrected chi connectivity index (χ4v) is 3.06. The average Bonchev–Trinajstić information content (AvgIpc) is 2.90. The van der Waals surface area contributed by atoms with E-state index in [1.54, 1.807) is 19.2 Å². The summed E-state index contributed by atoms with van der Waals surface area (Å²) in [6.45, 7) is 0.330. The first-order valence-corrected chi connectivity index (χ1v) is 7.48. The van der Waals surface area contributed by atoms with E-state index in [9.17, 15) is 9.59 Å². The SMILES string of the molecule is COc1cccc(CNC(=O)n2sc3ccccc3c2=O)c1. The van der Waals surface area contributed by atoms with E-state index in [-0.39, 0.29) is 5.56 Å². The van der Waals surface area contributed by atoms with E-state index in [4.69, 9.17) is 4.74 Å². The van der Waals surface area contributed by atoms with Crippen LogP contribution < -0.4 is 15.6 Å². The zero-order valence-corrected chi connectivity index (χ0v) is 12.7. The van der Waals surface area contributed by atoms with Crippen LogP contribution in [0.5, 0.6) is 5.75 Å². The highest BCUT2D eigenvalue weighted by molar-refractivity contribution is 7.14. The third-order valence-electron chi connectivity index (χ3n) is 3.25. The van der Waals surface area contributed by atoms with Crippen molar-refractivity contribution in [1.29, 1.82) is 0 Å². The maximum absolute atomic E-state index is 12.2. The number of carbonyl (C=O) groups excluding carboxylic acids is 1. The van der Waals surface area contributed by atoms with E-state index >= 15 is 0 Å². The van der Waals surface area contributed by atoms with Gasteiger partial charge in [-0.1, -0.05) is 24.3 Å². The molecule has 0 saturated heterocycles. The Bertz CT molecular complexity index is 882. The van der Waals surface area contributed by atoms with Gasteiger partial charge in [-0.05, 0) is 41.4 Å². The summed E-state index contributed by atoms with van der Waals surface area (Å²) in [5.41, 5.74) is 0.616. The summed E-state index contributed by atoms with van der Waals surface area (Å²) >= 11 is 1.14. The average molecular weight is 314 g/mol. The molecule has 0 aliphatic heterocycles. The minimum atomic E-state index is -0.422. The van der Waals surface area contributed by atoms with E-state index in [1.165, 1.54) is 0 Å². The highest BCUT2D eigenvalue weighted by Gasteiger charge is 2.13. The largest absolute Gasteiger partial charge is 0.497 e. The van der Waals surface area contributed by atoms with Crippen molar-refractivity contribution >= 4 is 27.6 Å². The quantitative estimate of drug-likeness (QED) is 0.808. The van der Waals surface area contributed by atoms with Gasteiger partial charge in [-0.15, -0.1) is 0 Å². The molecule has 1 heterocycles. The number of benzene rings is 2. The third kappa shape index (κ3) is 2.73. The topological polar surface area (TPSA) is 60.3 Å². The second-order valence-electron chi connectivity index (χ2n) is 4.70. The molecule has 3 aromatic rings. The molecule has 0 fully saturated rings. The van der Waals surface area contributed by atoms with Crippen LogP contribution >= 0.6 is 11.5 Å². The van der Waals surface area contributed by atoms with Crippen molar-refractivity contribution in [3.8, 4) is 5.75 Å². The van der Waals surface area contributed by atoms with Crippen molar-refractivity contribution in [2.75, 3.05) is 7.11 Å². The maximum Gasteiger partial charge on any atom is 0.338 e. The van der Waals surface area contributed by atoms with E-state index in [0.717, 1.165) is 31.5 Å². The lowest BCUT2D eigenvalue weighted by molar-refractivity contribution is 0.243. The number of hydrogen-bond acceptors (Lipinski definition) is 4. The van der Waals surface area contributed by atoms with Crippen molar-refractivity contribution in [2.45, 2.75) is 6.54 Å². The van der Waals surface area contributed by atoms with Crippen LogP contribution in [0.3, 0.4) is 0 Å². The highest BCUT2D eigenvalue weighted by Crippen LogP contribution is 2.16. The second kappa shape index (κ2) is 6.03. The van der Waals surface area contributed by atoms with Gasteiger partial charge in [-0.3, -0.25) is 4.79 Å². The number of rotatable bonds is 3. The standard InChI is InChI=1S/C16H14N2O3S/c1-21-12-6-4-5-11(9-12)10-17-16(20)18-15(19)13-7-2-3-8-14(13)22-18/h2-9H,10H2,1H3,(H,17,20). The normalized spacial score (nSPS) is 10.6. The Morgan fingerprint density at radius 1 is 1.23 bits per heavy atom. The van der Waals surface area contributed by atoms with Gasteiger partial charge >= 0.3 is 6.03 Å². The van der Waals surface area contributed by atoms with Gasteiger partial charge in [-0.2, -0.15) is 3.96 Å². The van der Waals surface area contributed by atoms with Crippen molar-refractivity contribution in [1.82, 2.24) is 9.27 Å². The predicted octanol–water partition coefficient (Wildman–Crippen LogP) is 2.83. The number of carbonyl (C=O) groups is 1. The second-order valence-corrected chi connectivity index (χ2v) is 5.68. The number of hydrogen-bond donors (Lipinski definition) is 1. The molecule has 0 unspecified atom stereocenters. The van der Waals surface area contributed by atoms with Crippen LogP contribution in [0.15, 0.2) is 53.3 Å². The summed E-state index contributed by atoms with van der Waals surface area (Å²) in [7, 11) is 1.59.